The van der Waals surface area contributed by atoms with Crippen molar-refractivity contribution in [2.24, 2.45) is 15.3 Å². The lowest BCUT2D eigenvalue weighted by Crippen LogP contribution is -2.33. The fraction of sp³-hybridized carbons (Fsp3) is 0.118. The monoisotopic (exact) mass is 497 g/mol. The van der Waals surface area contributed by atoms with Crippen LogP contribution in [0.25, 0.3) is 0 Å². The standard InChI is InChI=1S/C17H15N5O9S2/c1-8-6-10(32(26,27)28)3-4-12(8)22-16(23)14(15(21-22)17(24)25)20-19-11-7-9(18)2-5-13(11)33(29,30)31/h2-7,14H,18H2,1H3,(H,24,25)(H,26,27,28)(H,29,30,31). The summed E-state index contributed by atoms with van der Waals surface area (Å²) in [5, 5.41) is 21.0. The number of carboxylic acid groups (broad SMARTS) is 1. The topological polar surface area (TPSA) is 229 Å². The van der Waals surface area contributed by atoms with E-state index in [-0.39, 0.29) is 16.9 Å². The zero-order valence-electron chi connectivity index (χ0n) is 16.5. The van der Waals surface area contributed by atoms with Crippen LogP contribution in [0.5, 0.6) is 0 Å². The quantitative estimate of drug-likeness (QED) is 0.251. The highest BCUT2D eigenvalue weighted by Gasteiger charge is 2.41. The Balaban J connectivity index is 2.03. The van der Waals surface area contributed by atoms with Crippen LogP contribution in [-0.4, -0.2) is 54.7 Å². The molecular weight excluding hydrogens is 482 g/mol. The number of nitrogen functional groups attached to an aromatic ring is 1. The molecule has 5 N–H and O–H groups in total. The first-order valence-corrected chi connectivity index (χ1v) is 11.6. The highest BCUT2D eigenvalue weighted by molar-refractivity contribution is 7.86. The molecule has 14 nitrogen and oxygen atoms in total. The molecule has 0 fully saturated rings. The van der Waals surface area contributed by atoms with Crippen molar-refractivity contribution in [3.8, 4) is 0 Å². The fourth-order valence-electron chi connectivity index (χ4n) is 2.86. The van der Waals surface area contributed by atoms with Gasteiger partial charge in [0.1, 0.15) is 10.6 Å². The molecule has 0 saturated heterocycles. The van der Waals surface area contributed by atoms with Crippen molar-refractivity contribution in [2.75, 3.05) is 10.7 Å². The van der Waals surface area contributed by atoms with E-state index in [9.17, 15) is 36.1 Å². The predicted octanol–water partition coefficient (Wildman–Crippen LogP) is 1.01. The summed E-state index contributed by atoms with van der Waals surface area (Å²) < 4.78 is 64.1. The van der Waals surface area contributed by atoms with E-state index in [1.165, 1.54) is 13.0 Å². The van der Waals surface area contributed by atoms with E-state index in [0.717, 1.165) is 30.3 Å². The number of amides is 1. The molecule has 1 heterocycles. The van der Waals surface area contributed by atoms with E-state index in [2.05, 4.69) is 15.3 Å². The van der Waals surface area contributed by atoms with Gasteiger partial charge in [-0.3, -0.25) is 13.9 Å². The fourth-order valence-corrected chi connectivity index (χ4v) is 4.03. The van der Waals surface area contributed by atoms with Gasteiger partial charge >= 0.3 is 5.97 Å². The van der Waals surface area contributed by atoms with Gasteiger partial charge in [0.05, 0.1) is 10.6 Å². The lowest BCUT2D eigenvalue weighted by atomic mass is 10.1. The summed E-state index contributed by atoms with van der Waals surface area (Å²) in [6, 6.07) is 4.54. The molecule has 1 aliphatic rings. The molecule has 0 spiro atoms. The Labute approximate surface area is 186 Å². The second-order valence-electron chi connectivity index (χ2n) is 6.68. The zero-order valence-corrected chi connectivity index (χ0v) is 18.1. The maximum atomic E-state index is 12.9. The van der Waals surface area contributed by atoms with Gasteiger partial charge in [-0.15, -0.1) is 0 Å². The average Bonchev–Trinajstić information content (AvgIpc) is 3.01. The zero-order chi connectivity index (χ0) is 24.7. The summed E-state index contributed by atoms with van der Waals surface area (Å²) in [7, 11) is -9.26. The first-order chi connectivity index (χ1) is 15.2. The van der Waals surface area contributed by atoms with Gasteiger partial charge in [0.2, 0.25) is 6.04 Å². The van der Waals surface area contributed by atoms with Crippen LogP contribution in [0.2, 0.25) is 0 Å². The third kappa shape index (κ3) is 4.87. The number of benzene rings is 2. The van der Waals surface area contributed by atoms with Crippen LogP contribution in [0.4, 0.5) is 17.1 Å². The van der Waals surface area contributed by atoms with Gasteiger partial charge < -0.3 is 10.8 Å². The molecule has 3 rings (SSSR count). The minimum Gasteiger partial charge on any atom is -0.477 e. The van der Waals surface area contributed by atoms with Crippen molar-refractivity contribution in [2.45, 2.75) is 22.8 Å². The van der Waals surface area contributed by atoms with Crippen molar-refractivity contribution in [3.05, 3.63) is 42.0 Å². The van der Waals surface area contributed by atoms with E-state index >= 15 is 0 Å². The van der Waals surface area contributed by atoms with Crippen LogP contribution in [0.1, 0.15) is 5.56 Å². The molecule has 0 aromatic heterocycles. The molecule has 0 saturated carbocycles. The second kappa shape index (κ2) is 8.32. The van der Waals surface area contributed by atoms with Crippen LogP contribution in [0, 0.1) is 6.92 Å². The number of hydrogen-bond acceptors (Lipinski definition) is 10. The summed E-state index contributed by atoms with van der Waals surface area (Å²) in [6.07, 6.45) is 0. The number of carbonyl (C=O) groups is 2. The Kier molecular flexibility index (Phi) is 6.03. The summed E-state index contributed by atoms with van der Waals surface area (Å²) in [4.78, 5) is 23.4. The van der Waals surface area contributed by atoms with Crippen molar-refractivity contribution in [1.29, 1.82) is 0 Å². The van der Waals surface area contributed by atoms with E-state index < -0.39 is 59.3 Å². The molecule has 33 heavy (non-hydrogen) atoms. The Hall–Kier alpha value is -3.73. The molecule has 0 aliphatic carbocycles. The predicted molar refractivity (Wildman–Crippen MR) is 113 cm³/mol. The molecule has 174 valence electrons. The van der Waals surface area contributed by atoms with E-state index in [1.807, 2.05) is 0 Å². The van der Waals surface area contributed by atoms with Gasteiger partial charge in [0.25, 0.3) is 26.1 Å². The molecular formula is C17H15N5O9S2. The largest absolute Gasteiger partial charge is 0.477 e. The second-order valence-corrected chi connectivity index (χ2v) is 9.50. The Bertz CT molecular complexity index is 1450. The summed E-state index contributed by atoms with van der Waals surface area (Å²) >= 11 is 0. The highest BCUT2D eigenvalue weighted by atomic mass is 32.2. The maximum absolute atomic E-state index is 12.9. The van der Waals surface area contributed by atoms with Crippen LogP contribution < -0.4 is 10.7 Å². The van der Waals surface area contributed by atoms with Gasteiger partial charge in [-0.2, -0.15) is 37.2 Å². The number of rotatable bonds is 6. The number of hydrazone groups is 1. The van der Waals surface area contributed by atoms with Gasteiger partial charge in [-0.1, -0.05) is 0 Å². The maximum Gasteiger partial charge on any atom is 0.355 e. The Morgan fingerprint density at radius 3 is 2.30 bits per heavy atom. The van der Waals surface area contributed by atoms with Crippen molar-refractivity contribution >= 4 is 54.9 Å². The van der Waals surface area contributed by atoms with Gasteiger partial charge in [0, 0.05) is 5.69 Å². The Morgan fingerprint density at radius 2 is 1.76 bits per heavy atom. The summed E-state index contributed by atoms with van der Waals surface area (Å²) in [5.74, 6) is -2.61. The number of carboxylic acids is 1. The van der Waals surface area contributed by atoms with Crippen LogP contribution in [0.3, 0.4) is 0 Å². The number of aliphatic carboxylic acids is 1. The summed E-state index contributed by atoms with van der Waals surface area (Å²) in [6.45, 7) is 1.40. The van der Waals surface area contributed by atoms with Crippen molar-refractivity contribution in [1.82, 2.24) is 0 Å². The average molecular weight is 497 g/mol. The molecule has 1 unspecified atom stereocenters. The number of azo groups is 1. The van der Waals surface area contributed by atoms with Crippen molar-refractivity contribution < 1.29 is 40.6 Å². The van der Waals surface area contributed by atoms with Gasteiger partial charge in [-0.25, -0.2) is 4.79 Å². The van der Waals surface area contributed by atoms with E-state index in [0.29, 0.717) is 5.01 Å². The van der Waals surface area contributed by atoms with Crippen LogP contribution >= 0.6 is 0 Å². The highest BCUT2D eigenvalue weighted by Crippen LogP contribution is 2.30. The number of nitrogens with zero attached hydrogens (tertiary/aromatic N) is 4. The van der Waals surface area contributed by atoms with Crippen LogP contribution in [0.15, 0.2) is 61.5 Å². The Morgan fingerprint density at radius 1 is 1.09 bits per heavy atom. The minimum absolute atomic E-state index is 0.00595. The van der Waals surface area contributed by atoms with Gasteiger partial charge in [0.15, 0.2) is 5.71 Å². The molecule has 0 radical (unpaired) electrons. The molecule has 1 atom stereocenters. The number of nitrogens with two attached hydrogens (primary N) is 1. The summed E-state index contributed by atoms with van der Waals surface area (Å²) in [5.41, 5.74) is 4.61. The third-order valence-corrected chi connectivity index (χ3v) is 6.12. The van der Waals surface area contributed by atoms with Crippen LogP contribution in [-0.2, 0) is 29.8 Å². The van der Waals surface area contributed by atoms with E-state index in [1.54, 1.807) is 0 Å². The number of aryl methyl sites for hydroxylation is 1. The molecule has 1 amide bonds. The molecule has 16 heteroatoms. The van der Waals surface area contributed by atoms with Crippen molar-refractivity contribution in [3.63, 3.8) is 0 Å². The smallest absolute Gasteiger partial charge is 0.355 e. The van der Waals surface area contributed by atoms with Gasteiger partial charge in [-0.05, 0) is 48.9 Å². The number of carbonyl (C=O) groups excluding carboxylic acids is 1. The normalized spacial score (nSPS) is 16.9. The molecule has 2 aromatic rings. The lowest BCUT2D eigenvalue weighted by molar-refractivity contribution is -0.130. The molecule has 2 aromatic carbocycles. The minimum atomic E-state index is -4.74. The lowest BCUT2D eigenvalue weighted by Gasteiger charge is -2.15. The SMILES string of the molecule is Cc1cc(S(=O)(=O)O)ccc1N1N=C(C(=O)O)C(N=Nc2cc(N)ccc2S(=O)(=O)O)C1=O. The number of hydrogen-bond donors (Lipinski definition) is 4. The number of anilines is 2. The van der Waals surface area contributed by atoms with E-state index in [4.69, 9.17) is 10.3 Å². The first-order valence-electron chi connectivity index (χ1n) is 8.72. The molecule has 1 aliphatic heterocycles. The first kappa shape index (κ1) is 23.9. The third-order valence-electron chi connectivity index (χ3n) is 4.36. The molecule has 0 bridgehead atoms.